The number of esters is 1. The molecule has 0 aromatic heterocycles. The summed E-state index contributed by atoms with van der Waals surface area (Å²) in [5.74, 6) is 0.604. The molecule has 0 bridgehead atoms. The number of hydrogen-bond donors (Lipinski definition) is 0. The van der Waals surface area contributed by atoms with Crippen LogP contribution >= 0.6 is 0 Å². The van der Waals surface area contributed by atoms with E-state index in [0.29, 0.717) is 6.42 Å². The van der Waals surface area contributed by atoms with Gasteiger partial charge in [-0.1, -0.05) is 18.2 Å². The zero-order chi connectivity index (χ0) is 7.68. The Morgan fingerprint density at radius 2 is 1.92 bits per heavy atom. The van der Waals surface area contributed by atoms with Crippen LogP contribution < -0.4 is 4.74 Å². The molecule has 0 aliphatic carbocycles. The maximum Gasteiger partial charge on any atom is 0.311 e. The van der Waals surface area contributed by atoms with E-state index < -0.39 is 0 Å². The van der Waals surface area contributed by atoms with Crippen molar-refractivity contribution in [3.8, 4) is 5.75 Å². The maximum atomic E-state index is 10.8. The van der Waals surface area contributed by atoms with Crippen LogP contribution in [0.5, 0.6) is 5.75 Å². The fourth-order valence-electron chi connectivity index (χ4n) is 1.22. The Bertz CT molecular complexity index is 296. The topological polar surface area (TPSA) is 26.3 Å². The van der Waals surface area contributed by atoms with Crippen LogP contribution in [0.3, 0.4) is 0 Å². The summed E-state index contributed by atoms with van der Waals surface area (Å²) in [5.41, 5.74) is 1.13. The molecule has 1 aromatic rings. The zero-order valence-corrected chi connectivity index (χ0v) is 10.4. The molecule has 1 aliphatic heterocycles. The minimum absolute atomic E-state index is 0. The van der Waals surface area contributed by atoms with E-state index in [-0.39, 0.29) is 33.3 Å². The van der Waals surface area contributed by atoms with Crippen molar-refractivity contribution in [2.24, 2.45) is 0 Å². The van der Waals surface area contributed by atoms with Gasteiger partial charge in [0.15, 0.2) is 0 Å². The Balaban J connectivity index is 0.000000720. The van der Waals surface area contributed by atoms with Crippen molar-refractivity contribution in [1.82, 2.24) is 0 Å². The van der Waals surface area contributed by atoms with Gasteiger partial charge in [-0.3, -0.25) is 4.79 Å². The quantitative estimate of drug-likeness (QED) is 0.397. The molecule has 0 amide bonds. The zero-order valence-electron chi connectivity index (χ0n) is 6.54. The first-order valence-corrected chi connectivity index (χ1v) is 3.65. The summed E-state index contributed by atoms with van der Waals surface area (Å²) in [6.45, 7) is 0. The van der Waals surface area contributed by atoms with E-state index in [1.54, 1.807) is 0 Å². The van der Waals surface area contributed by atoms with Gasteiger partial charge in [0.2, 0.25) is 0 Å². The smallest absolute Gasteiger partial charge is 0.311 e. The molecule has 4 radical (unpaired) electrons. The third-order valence-corrected chi connectivity index (χ3v) is 1.79. The van der Waals surface area contributed by atoms with Crippen molar-refractivity contribution in [1.29, 1.82) is 0 Å². The van der Waals surface area contributed by atoms with Gasteiger partial charge in [-0.25, -0.2) is 0 Å². The Kier molecular flexibility index (Phi) is 3.25. The van der Waals surface area contributed by atoms with Crippen molar-refractivity contribution in [3.05, 3.63) is 29.8 Å². The van der Waals surface area contributed by atoms with E-state index in [2.05, 4.69) is 0 Å². The number of carbonyl (C=O) groups excluding carboxylic acids is 1. The van der Waals surface area contributed by atoms with Gasteiger partial charge in [-0.15, -0.1) is 0 Å². The first kappa shape index (κ1) is 9.70. The van der Waals surface area contributed by atoms with Gasteiger partial charge >= 0.3 is 5.97 Å². The summed E-state index contributed by atoms with van der Waals surface area (Å²) in [4.78, 5) is 10.8. The standard InChI is InChI=1S/C9H8O2.Pb/c10-9-6-5-7-3-1-2-4-8(7)11-9;/h1-4H,5-6H2;. The normalized spacial score (nSPS) is 14.2. The number of hydrogen-bond acceptors (Lipinski definition) is 2. The third kappa shape index (κ3) is 1.85. The maximum absolute atomic E-state index is 10.8. The minimum Gasteiger partial charge on any atom is -0.426 e. The van der Waals surface area contributed by atoms with Gasteiger partial charge in [-0.2, -0.15) is 0 Å². The van der Waals surface area contributed by atoms with Crippen LogP contribution in [0.1, 0.15) is 12.0 Å². The summed E-state index contributed by atoms with van der Waals surface area (Å²) in [7, 11) is 0. The molecule has 0 atom stereocenters. The Morgan fingerprint density at radius 3 is 2.75 bits per heavy atom. The Labute approximate surface area is 91.1 Å². The number of benzene rings is 1. The van der Waals surface area contributed by atoms with Gasteiger partial charge in [0.05, 0.1) is 6.42 Å². The molecule has 3 heteroatoms. The summed E-state index contributed by atoms with van der Waals surface area (Å²) < 4.78 is 4.99. The third-order valence-electron chi connectivity index (χ3n) is 1.79. The summed E-state index contributed by atoms with van der Waals surface area (Å²) in [6.07, 6.45) is 1.33. The predicted octanol–water partition coefficient (Wildman–Crippen LogP) is 1.16. The van der Waals surface area contributed by atoms with E-state index in [0.717, 1.165) is 17.7 Å². The van der Waals surface area contributed by atoms with Crippen molar-refractivity contribution in [3.63, 3.8) is 0 Å². The molecule has 0 saturated heterocycles. The molecule has 0 unspecified atom stereocenters. The van der Waals surface area contributed by atoms with Gasteiger partial charge in [-0.05, 0) is 18.1 Å². The minimum atomic E-state index is -0.122. The average molecular weight is 355 g/mol. The van der Waals surface area contributed by atoms with Gasteiger partial charge in [0.1, 0.15) is 5.75 Å². The SMILES string of the molecule is O=C1CCc2ccccc2O1.[Pb]. The second-order valence-corrected chi connectivity index (χ2v) is 2.58. The van der Waals surface area contributed by atoms with Crippen molar-refractivity contribution >= 4 is 33.3 Å². The second-order valence-electron chi connectivity index (χ2n) is 2.58. The fraction of sp³-hybridized carbons (Fsp3) is 0.222. The van der Waals surface area contributed by atoms with E-state index in [4.69, 9.17) is 4.74 Å². The van der Waals surface area contributed by atoms with Crippen molar-refractivity contribution in [2.75, 3.05) is 0 Å². The van der Waals surface area contributed by atoms with E-state index in [1.165, 1.54) is 0 Å². The average Bonchev–Trinajstić information content (AvgIpc) is 2.04. The monoisotopic (exact) mass is 356 g/mol. The van der Waals surface area contributed by atoms with Crippen LogP contribution in [-0.2, 0) is 11.2 Å². The number of rotatable bonds is 0. The molecule has 12 heavy (non-hydrogen) atoms. The summed E-state index contributed by atoms with van der Waals surface area (Å²) in [5, 5.41) is 0. The van der Waals surface area contributed by atoms with E-state index >= 15 is 0 Å². The summed E-state index contributed by atoms with van der Waals surface area (Å²) in [6, 6.07) is 7.64. The molecule has 0 spiro atoms. The molecule has 60 valence electrons. The van der Waals surface area contributed by atoms with Crippen molar-refractivity contribution < 1.29 is 9.53 Å². The Hall–Kier alpha value is -0.388. The number of carbonyl (C=O) groups is 1. The largest absolute Gasteiger partial charge is 0.426 e. The van der Waals surface area contributed by atoms with E-state index in [1.807, 2.05) is 24.3 Å². The molecule has 1 aliphatic rings. The Morgan fingerprint density at radius 1 is 1.17 bits per heavy atom. The van der Waals surface area contributed by atoms with Crippen LogP contribution in [-0.4, -0.2) is 33.3 Å². The number of para-hydroxylation sites is 1. The predicted molar refractivity (Wildman–Crippen MR) is 46.2 cm³/mol. The van der Waals surface area contributed by atoms with Gasteiger partial charge in [0.25, 0.3) is 0 Å². The number of fused-ring (bicyclic) bond motifs is 1. The van der Waals surface area contributed by atoms with Gasteiger partial charge < -0.3 is 4.74 Å². The molecule has 2 nitrogen and oxygen atoms in total. The molecule has 0 fully saturated rings. The van der Waals surface area contributed by atoms with Crippen LogP contribution in [0.2, 0.25) is 0 Å². The first-order valence-electron chi connectivity index (χ1n) is 3.65. The van der Waals surface area contributed by atoms with Crippen LogP contribution in [0.25, 0.3) is 0 Å². The van der Waals surface area contributed by atoms with Crippen LogP contribution in [0.4, 0.5) is 0 Å². The molecule has 0 saturated carbocycles. The van der Waals surface area contributed by atoms with E-state index in [9.17, 15) is 4.79 Å². The molecule has 1 aromatic carbocycles. The number of aryl methyl sites for hydroxylation is 1. The number of ether oxygens (including phenoxy) is 1. The first-order chi connectivity index (χ1) is 5.36. The molecule has 1 heterocycles. The molecule has 0 N–H and O–H groups in total. The molecule has 2 rings (SSSR count). The van der Waals surface area contributed by atoms with Crippen molar-refractivity contribution in [2.45, 2.75) is 12.8 Å². The molecular formula is C9H8O2Pb. The fourth-order valence-corrected chi connectivity index (χ4v) is 1.22. The molecular weight excluding hydrogens is 347 g/mol. The van der Waals surface area contributed by atoms with Gasteiger partial charge in [0, 0.05) is 27.3 Å². The van der Waals surface area contributed by atoms with Crippen LogP contribution in [0.15, 0.2) is 24.3 Å². The van der Waals surface area contributed by atoms with Crippen LogP contribution in [0, 0.1) is 0 Å². The second kappa shape index (κ2) is 4.02. The summed E-state index contributed by atoms with van der Waals surface area (Å²) >= 11 is 0.